The van der Waals surface area contributed by atoms with Crippen molar-refractivity contribution in [2.45, 2.75) is 17.9 Å². The lowest BCUT2D eigenvalue weighted by Crippen LogP contribution is -2.14. The number of thioether (sulfide) groups is 1. The molecule has 0 spiro atoms. The molecule has 0 unspecified atom stereocenters. The van der Waals surface area contributed by atoms with Crippen molar-refractivity contribution in [3.05, 3.63) is 30.2 Å². The van der Waals surface area contributed by atoms with Gasteiger partial charge in [-0.05, 0) is 19.1 Å². The predicted octanol–water partition coefficient (Wildman–Crippen LogP) is 2.62. The number of nitrogens with zero attached hydrogens (tertiary/aromatic N) is 1. The highest BCUT2D eigenvalue weighted by Gasteiger charge is 2.15. The van der Waals surface area contributed by atoms with Crippen molar-refractivity contribution in [2.24, 2.45) is 0 Å². The molecule has 90 valence electrons. The van der Waals surface area contributed by atoms with Crippen molar-refractivity contribution in [2.75, 3.05) is 7.11 Å². The van der Waals surface area contributed by atoms with Gasteiger partial charge in [-0.25, -0.2) is 4.98 Å². The molecule has 0 aliphatic rings. The van der Waals surface area contributed by atoms with Crippen molar-refractivity contribution in [3.8, 4) is 0 Å². The molecule has 2 rings (SSSR count). The second-order valence-corrected chi connectivity index (χ2v) is 4.88. The molecule has 2 aromatic rings. The summed E-state index contributed by atoms with van der Waals surface area (Å²) in [5.74, 6) is 0.961. The van der Waals surface area contributed by atoms with Crippen LogP contribution in [-0.4, -0.2) is 23.3 Å². The summed E-state index contributed by atoms with van der Waals surface area (Å²) in [7, 11) is 1.39. The van der Waals surface area contributed by atoms with Crippen LogP contribution in [0.1, 0.15) is 12.8 Å². The van der Waals surface area contributed by atoms with Crippen LogP contribution in [0, 0.1) is 0 Å². The van der Waals surface area contributed by atoms with E-state index >= 15 is 0 Å². The van der Waals surface area contributed by atoms with Gasteiger partial charge >= 0.3 is 5.97 Å². The largest absolute Gasteiger partial charge is 0.468 e. The van der Waals surface area contributed by atoms with Gasteiger partial charge in [-0.3, -0.25) is 4.79 Å². The first kappa shape index (κ1) is 12.0. The van der Waals surface area contributed by atoms with Gasteiger partial charge in [0.15, 0.2) is 5.58 Å². The van der Waals surface area contributed by atoms with E-state index in [1.165, 1.54) is 18.9 Å². The fourth-order valence-corrected chi connectivity index (χ4v) is 2.16. The fraction of sp³-hybridized carbons (Fsp3) is 0.333. The van der Waals surface area contributed by atoms with Crippen LogP contribution in [0.15, 0.2) is 28.7 Å². The Morgan fingerprint density at radius 3 is 3.00 bits per heavy atom. The van der Waals surface area contributed by atoms with Crippen LogP contribution in [0.3, 0.4) is 0 Å². The summed E-state index contributed by atoms with van der Waals surface area (Å²) in [6.07, 6.45) is 0. The molecule has 5 heteroatoms. The van der Waals surface area contributed by atoms with Gasteiger partial charge in [-0.1, -0.05) is 12.1 Å². The van der Waals surface area contributed by atoms with Crippen LogP contribution in [0.25, 0.3) is 11.1 Å². The molecule has 17 heavy (non-hydrogen) atoms. The Labute approximate surface area is 103 Å². The number of oxazole rings is 1. The monoisotopic (exact) mass is 251 g/mol. The summed E-state index contributed by atoms with van der Waals surface area (Å²) in [6, 6.07) is 7.59. The number of para-hydroxylation sites is 2. The zero-order valence-corrected chi connectivity index (χ0v) is 10.5. The van der Waals surface area contributed by atoms with E-state index < -0.39 is 0 Å². The Bertz CT molecular complexity index is 490. The number of hydrogen-bond acceptors (Lipinski definition) is 5. The number of ether oxygens (including phenoxy) is 1. The zero-order valence-electron chi connectivity index (χ0n) is 9.67. The Morgan fingerprint density at radius 2 is 2.29 bits per heavy atom. The molecule has 0 radical (unpaired) electrons. The van der Waals surface area contributed by atoms with Crippen LogP contribution in [0.5, 0.6) is 0 Å². The highest BCUT2D eigenvalue weighted by Crippen LogP contribution is 2.21. The molecular weight excluding hydrogens is 238 g/mol. The Balaban J connectivity index is 2.01. The molecule has 1 atom stereocenters. The SMILES string of the molecule is COC(=O)[C@H](C)SCc1nc2ccccc2o1. The van der Waals surface area contributed by atoms with Gasteiger partial charge in [0.2, 0.25) is 5.89 Å². The molecule has 1 aromatic carbocycles. The summed E-state index contributed by atoms with van der Waals surface area (Å²) in [6.45, 7) is 1.80. The van der Waals surface area contributed by atoms with Crippen LogP contribution < -0.4 is 0 Å². The molecule has 1 heterocycles. The van der Waals surface area contributed by atoms with E-state index in [-0.39, 0.29) is 11.2 Å². The normalized spacial score (nSPS) is 12.6. The van der Waals surface area contributed by atoms with Crippen LogP contribution >= 0.6 is 11.8 Å². The lowest BCUT2D eigenvalue weighted by molar-refractivity contribution is -0.139. The molecule has 0 N–H and O–H groups in total. The number of hydrogen-bond donors (Lipinski definition) is 0. The number of fused-ring (bicyclic) bond motifs is 1. The molecule has 0 saturated carbocycles. The molecule has 0 aliphatic carbocycles. The Hall–Kier alpha value is -1.49. The van der Waals surface area contributed by atoms with E-state index in [1.807, 2.05) is 24.3 Å². The van der Waals surface area contributed by atoms with Gasteiger partial charge in [-0.2, -0.15) is 0 Å². The first-order chi connectivity index (χ1) is 8.20. The quantitative estimate of drug-likeness (QED) is 0.782. The number of aromatic nitrogens is 1. The number of benzene rings is 1. The van der Waals surface area contributed by atoms with Crippen LogP contribution in [0.4, 0.5) is 0 Å². The van der Waals surface area contributed by atoms with Crippen LogP contribution in [-0.2, 0) is 15.3 Å². The molecular formula is C12H13NO3S. The lowest BCUT2D eigenvalue weighted by atomic mass is 10.3. The summed E-state index contributed by atoms with van der Waals surface area (Å²) in [5.41, 5.74) is 1.61. The van der Waals surface area contributed by atoms with Crippen molar-refractivity contribution in [1.82, 2.24) is 4.98 Å². The van der Waals surface area contributed by atoms with Gasteiger partial charge in [0.25, 0.3) is 0 Å². The average molecular weight is 251 g/mol. The minimum Gasteiger partial charge on any atom is -0.468 e. The number of methoxy groups -OCH3 is 1. The Kier molecular flexibility index (Phi) is 3.68. The van der Waals surface area contributed by atoms with Gasteiger partial charge in [0, 0.05) is 0 Å². The topological polar surface area (TPSA) is 52.3 Å². The summed E-state index contributed by atoms with van der Waals surface area (Å²) >= 11 is 1.45. The highest BCUT2D eigenvalue weighted by atomic mass is 32.2. The van der Waals surface area contributed by atoms with E-state index in [1.54, 1.807) is 6.92 Å². The molecule has 0 saturated heterocycles. The molecule has 0 bridgehead atoms. The predicted molar refractivity (Wildman–Crippen MR) is 66.8 cm³/mol. The molecule has 1 aromatic heterocycles. The van der Waals surface area contributed by atoms with Crippen molar-refractivity contribution >= 4 is 28.8 Å². The number of esters is 1. The van der Waals surface area contributed by atoms with Gasteiger partial charge in [0.1, 0.15) is 10.8 Å². The van der Waals surface area contributed by atoms with Gasteiger partial charge < -0.3 is 9.15 Å². The minimum atomic E-state index is -0.230. The molecule has 4 nitrogen and oxygen atoms in total. The van der Waals surface area contributed by atoms with Crippen molar-refractivity contribution < 1.29 is 13.9 Å². The lowest BCUT2D eigenvalue weighted by Gasteiger charge is -2.06. The standard InChI is InChI=1S/C12H13NO3S/c1-8(12(14)15-2)17-7-11-13-9-5-3-4-6-10(9)16-11/h3-6,8H,7H2,1-2H3/t8-/m0/s1. The van der Waals surface area contributed by atoms with E-state index in [0.29, 0.717) is 11.6 Å². The molecule has 0 amide bonds. The third kappa shape index (κ3) is 2.79. The number of carbonyl (C=O) groups excluding carboxylic acids is 1. The van der Waals surface area contributed by atoms with Gasteiger partial charge in [-0.15, -0.1) is 11.8 Å². The highest BCUT2D eigenvalue weighted by molar-refractivity contribution is 7.99. The first-order valence-electron chi connectivity index (χ1n) is 5.24. The van der Waals surface area contributed by atoms with E-state index in [4.69, 9.17) is 4.42 Å². The summed E-state index contributed by atoms with van der Waals surface area (Å²) < 4.78 is 10.2. The zero-order chi connectivity index (χ0) is 12.3. The second kappa shape index (κ2) is 5.23. The third-order valence-corrected chi connectivity index (χ3v) is 3.43. The molecule has 0 fully saturated rings. The fourth-order valence-electron chi connectivity index (χ4n) is 1.41. The van der Waals surface area contributed by atoms with Crippen molar-refractivity contribution in [1.29, 1.82) is 0 Å². The maximum Gasteiger partial charge on any atom is 0.318 e. The summed E-state index contributed by atoms with van der Waals surface area (Å²) in [4.78, 5) is 15.5. The number of carbonyl (C=O) groups is 1. The first-order valence-corrected chi connectivity index (χ1v) is 6.29. The van der Waals surface area contributed by atoms with Crippen molar-refractivity contribution in [3.63, 3.8) is 0 Å². The van der Waals surface area contributed by atoms with Crippen LogP contribution in [0.2, 0.25) is 0 Å². The third-order valence-electron chi connectivity index (χ3n) is 2.33. The average Bonchev–Trinajstić information content (AvgIpc) is 2.77. The van der Waals surface area contributed by atoms with E-state index in [0.717, 1.165) is 11.1 Å². The minimum absolute atomic E-state index is 0.213. The Morgan fingerprint density at radius 1 is 1.53 bits per heavy atom. The van der Waals surface area contributed by atoms with Gasteiger partial charge in [0.05, 0.1) is 12.9 Å². The second-order valence-electron chi connectivity index (χ2n) is 3.55. The van der Waals surface area contributed by atoms with E-state index in [2.05, 4.69) is 9.72 Å². The summed E-state index contributed by atoms with van der Waals surface area (Å²) in [5, 5.41) is -0.213. The maximum absolute atomic E-state index is 11.2. The van der Waals surface area contributed by atoms with E-state index in [9.17, 15) is 4.79 Å². The number of rotatable bonds is 4. The smallest absolute Gasteiger partial charge is 0.318 e. The molecule has 0 aliphatic heterocycles. The maximum atomic E-state index is 11.2.